The summed E-state index contributed by atoms with van der Waals surface area (Å²) in [7, 11) is 1.62. The van der Waals surface area contributed by atoms with E-state index in [1.807, 2.05) is 42.5 Å². The molecule has 0 unspecified atom stereocenters. The lowest BCUT2D eigenvalue weighted by molar-refractivity contribution is 0.414. The molecule has 0 aliphatic rings. The minimum absolute atomic E-state index is 0.522. The van der Waals surface area contributed by atoms with Gasteiger partial charge < -0.3 is 4.74 Å². The predicted molar refractivity (Wildman–Crippen MR) is 95.1 cm³/mol. The maximum Gasteiger partial charge on any atom is 0.126 e. The van der Waals surface area contributed by atoms with E-state index in [9.17, 15) is 5.26 Å². The van der Waals surface area contributed by atoms with E-state index >= 15 is 0 Å². The smallest absolute Gasteiger partial charge is 0.126 e. The molecule has 0 N–H and O–H groups in total. The van der Waals surface area contributed by atoms with E-state index in [1.165, 1.54) is 0 Å². The van der Waals surface area contributed by atoms with Crippen molar-refractivity contribution in [3.8, 4) is 17.9 Å². The zero-order valence-corrected chi connectivity index (χ0v) is 13.2. The Balaban J connectivity index is 2.19. The Morgan fingerprint density at radius 3 is 2.38 bits per heavy atom. The van der Waals surface area contributed by atoms with Crippen molar-refractivity contribution in [2.24, 2.45) is 0 Å². The fourth-order valence-corrected chi connectivity index (χ4v) is 2.65. The molecule has 0 spiro atoms. The summed E-state index contributed by atoms with van der Waals surface area (Å²) in [4.78, 5) is 0. The average molecular weight is 310 g/mol. The molecular weight excluding hydrogens is 296 g/mol. The third kappa shape index (κ3) is 2.84. The van der Waals surface area contributed by atoms with Gasteiger partial charge >= 0.3 is 0 Å². The van der Waals surface area contributed by atoms with Gasteiger partial charge in [-0.1, -0.05) is 42.5 Å². The van der Waals surface area contributed by atoms with Crippen molar-refractivity contribution in [1.29, 1.82) is 10.5 Å². The predicted octanol–water partition coefficient (Wildman–Crippen LogP) is 4.78. The fraction of sp³-hybridized carbons (Fsp3) is 0.0476. The molecule has 0 aromatic heterocycles. The third-order valence-corrected chi connectivity index (χ3v) is 3.88. The van der Waals surface area contributed by atoms with Gasteiger partial charge in [0.25, 0.3) is 0 Å². The van der Waals surface area contributed by atoms with Gasteiger partial charge in [-0.15, -0.1) is 0 Å². The van der Waals surface area contributed by atoms with E-state index in [0.29, 0.717) is 11.1 Å². The standard InChI is InChI=1S/C21H14N2O/c1-24-21-11-10-17-4-2-3-5-19(17)20(21)12-18(14-23)16-8-6-15(13-22)7-9-16/h2-12H,1H3/b18-12+. The van der Waals surface area contributed by atoms with Crippen molar-refractivity contribution in [2.75, 3.05) is 7.11 Å². The average Bonchev–Trinajstić information content (AvgIpc) is 2.66. The van der Waals surface area contributed by atoms with Crippen LogP contribution in [0.5, 0.6) is 5.75 Å². The lowest BCUT2D eigenvalue weighted by Crippen LogP contribution is -1.90. The van der Waals surface area contributed by atoms with Crippen molar-refractivity contribution in [3.63, 3.8) is 0 Å². The number of fused-ring (bicyclic) bond motifs is 1. The molecule has 0 radical (unpaired) electrons. The van der Waals surface area contributed by atoms with Gasteiger partial charge in [-0.3, -0.25) is 0 Å². The van der Waals surface area contributed by atoms with Crippen LogP contribution in [-0.4, -0.2) is 7.11 Å². The lowest BCUT2D eigenvalue weighted by Gasteiger charge is -2.10. The van der Waals surface area contributed by atoms with Crippen LogP contribution in [0.2, 0.25) is 0 Å². The Morgan fingerprint density at radius 2 is 1.71 bits per heavy atom. The Hall–Kier alpha value is -3.56. The van der Waals surface area contributed by atoms with Gasteiger partial charge in [0.1, 0.15) is 5.75 Å². The first-order valence-electron chi connectivity index (χ1n) is 7.45. The first-order valence-corrected chi connectivity index (χ1v) is 7.45. The highest BCUT2D eigenvalue weighted by Crippen LogP contribution is 2.31. The Morgan fingerprint density at radius 1 is 0.958 bits per heavy atom. The maximum atomic E-state index is 9.58. The molecule has 3 nitrogen and oxygen atoms in total. The number of nitriles is 2. The molecule has 0 amide bonds. The molecular formula is C21H14N2O. The number of nitrogens with zero attached hydrogens (tertiary/aromatic N) is 2. The highest BCUT2D eigenvalue weighted by atomic mass is 16.5. The Labute approximate surface area is 140 Å². The van der Waals surface area contributed by atoms with Gasteiger partial charge in [0.2, 0.25) is 0 Å². The van der Waals surface area contributed by atoms with E-state index < -0.39 is 0 Å². The van der Waals surface area contributed by atoms with Crippen LogP contribution in [0, 0.1) is 22.7 Å². The van der Waals surface area contributed by atoms with Crippen LogP contribution in [0.25, 0.3) is 22.4 Å². The summed E-state index contributed by atoms with van der Waals surface area (Å²) < 4.78 is 5.47. The number of ether oxygens (including phenoxy) is 1. The highest BCUT2D eigenvalue weighted by Gasteiger charge is 2.09. The quantitative estimate of drug-likeness (QED) is 0.516. The van der Waals surface area contributed by atoms with Crippen LogP contribution < -0.4 is 4.74 Å². The van der Waals surface area contributed by atoms with Gasteiger partial charge in [0.15, 0.2) is 0 Å². The van der Waals surface area contributed by atoms with E-state index in [4.69, 9.17) is 10.00 Å². The number of methoxy groups -OCH3 is 1. The van der Waals surface area contributed by atoms with Crippen LogP contribution in [0.1, 0.15) is 16.7 Å². The number of rotatable bonds is 3. The van der Waals surface area contributed by atoms with Crippen LogP contribution in [0.4, 0.5) is 0 Å². The zero-order valence-electron chi connectivity index (χ0n) is 13.2. The number of benzene rings is 3. The van der Waals surface area contributed by atoms with E-state index in [2.05, 4.69) is 12.1 Å². The van der Waals surface area contributed by atoms with E-state index in [-0.39, 0.29) is 0 Å². The maximum absolute atomic E-state index is 9.58. The van der Waals surface area contributed by atoms with Gasteiger partial charge in [0, 0.05) is 5.56 Å². The molecule has 3 rings (SSSR count). The third-order valence-electron chi connectivity index (χ3n) is 3.88. The van der Waals surface area contributed by atoms with Crippen molar-refractivity contribution in [3.05, 3.63) is 77.4 Å². The summed E-state index contributed by atoms with van der Waals surface area (Å²) in [5.74, 6) is 0.718. The highest BCUT2D eigenvalue weighted by molar-refractivity contribution is 6.00. The monoisotopic (exact) mass is 310 g/mol. The van der Waals surface area contributed by atoms with Crippen molar-refractivity contribution in [2.45, 2.75) is 0 Å². The molecule has 24 heavy (non-hydrogen) atoms. The van der Waals surface area contributed by atoms with Crippen LogP contribution in [0.3, 0.4) is 0 Å². The molecule has 0 heterocycles. The number of hydrogen-bond acceptors (Lipinski definition) is 3. The first-order chi connectivity index (χ1) is 11.8. The topological polar surface area (TPSA) is 56.8 Å². The molecule has 3 aromatic rings. The van der Waals surface area contributed by atoms with Gasteiger partial charge in [0.05, 0.1) is 30.4 Å². The van der Waals surface area contributed by atoms with Crippen LogP contribution in [0.15, 0.2) is 60.7 Å². The molecule has 0 atom stereocenters. The van der Waals surface area contributed by atoms with Gasteiger partial charge in [-0.05, 0) is 40.6 Å². The zero-order chi connectivity index (χ0) is 16.9. The second-order valence-corrected chi connectivity index (χ2v) is 5.26. The number of allylic oxidation sites excluding steroid dienone is 1. The Bertz CT molecular complexity index is 1000. The summed E-state index contributed by atoms with van der Waals surface area (Å²) in [5, 5.41) is 20.6. The molecule has 0 bridgehead atoms. The van der Waals surface area contributed by atoms with Crippen molar-refractivity contribution in [1.82, 2.24) is 0 Å². The van der Waals surface area contributed by atoms with Crippen molar-refractivity contribution < 1.29 is 4.74 Å². The van der Waals surface area contributed by atoms with Crippen LogP contribution in [-0.2, 0) is 0 Å². The lowest BCUT2D eigenvalue weighted by atomic mass is 9.98. The fourth-order valence-electron chi connectivity index (χ4n) is 2.65. The molecule has 0 aliphatic heterocycles. The molecule has 0 aliphatic carbocycles. The minimum atomic E-state index is 0.522. The second kappa shape index (κ2) is 6.69. The van der Waals surface area contributed by atoms with E-state index in [0.717, 1.165) is 27.6 Å². The minimum Gasteiger partial charge on any atom is -0.496 e. The van der Waals surface area contributed by atoms with Crippen LogP contribution >= 0.6 is 0 Å². The molecule has 0 saturated carbocycles. The summed E-state index contributed by atoms with van der Waals surface area (Å²) in [6.45, 7) is 0. The SMILES string of the molecule is COc1ccc2ccccc2c1/C=C(\C#N)c1ccc(C#N)cc1. The van der Waals surface area contributed by atoms with Gasteiger partial charge in [-0.25, -0.2) is 0 Å². The summed E-state index contributed by atoms with van der Waals surface area (Å²) in [6, 6.07) is 23.2. The summed E-state index contributed by atoms with van der Waals surface area (Å²) >= 11 is 0. The largest absolute Gasteiger partial charge is 0.496 e. The normalized spacial score (nSPS) is 10.9. The van der Waals surface area contributed by atoms with Gasteiger partial charge in [-0.2, -0.15) is 10.5 Å². The second-order valence-electron chi connectivity index (χ2n) is 5.26. The summed E-state index contributed by atoms with van der Waals surface area (Å²) in [5.41, 5.74) is 2.73. The molecule has 0 fully saturated rings. The number of hydrogen-bond donors (Lipinski definition) is 0. The summed E-state index contributed by atoms with van der Waals surface area (Å²) in [6.07, 6.45) is 1.84. The molecule has 0 saturated heterocycles. The molecule has 114 valence electrons. The Kier molecular flexibility index (Phi) is 4.27. The first kappa shape index (κ1) is 15.3. The van der Waals surface area contributed by atoms with Crippen molar-refractivity contribution >= 4 is 22.4 Å². The molecule has 3 heteroatoms. The molecule has 3 aromatic carbocycles. The van der Waals surface area contributed by atoms with E-state index in [1.54, 1.807) is 31.4 Å².